The van der Waals surface area contributed by atoms with Gasteiger partial charge in [-0.25, -0.2) is 0 Å². The van der Waals surface area contributed by atoms with Gasteiger partial charge < -0.3 is 4.74 Å². The zero-order valence-electron chi connectivity index (χ0n) is 9.43. The summed E-state index contributed by atoms with van der Waals surface area (Å²) in [5.41, 5.74) is 1.28. The minimum absolute atomic E-state index is 0.873. The zero-order valence-corrected chi connectivity index (χ0v) is 11.2. The van der Waals surface area contributed by atoms with Gasteiger partial charge in [-0.3, -0.25) is 0 Å². The van der Waals surface area contributed by atoms with E-state index in [4.69, 9.17) is 4.74 Å². The second-order valence-electron chi connectivity index (χ2n) is 3.56. The van der Waals surface area contributed by atoms with E-state index in [9.17, 15) is 0 Å². The first-order chi connectivity index (χ1) is 8.38. The summed E-state index contributed by atoms with van der Waals surface area (Å²) in [5, 5.41) is 0.948. The molecular weight excluding hydrogens is 244 g/mol. The van der Waals surface area contributed by atoms with Gasteiger partial charge in [-0.1, -0.05) is 30.3 Å². The molecule has 0 aliphatic carbocycles. The molecule has 0 fully saturated rings. The molecule has 0 bridgehead atoms. The molecule has 0 amide bonds. The molecular formula is C14H13OSSi. The number of para-hydroxylation sites is 1. The van der Waals surface area contributed by atoms with E-state index in [0.717, 1.165) is 22.6 Å². The average molecular weight is 257 g/mol. The lowest BCUT2D eigenvalue weighted by atomic mass is 10.2. The zero-order chi connectivity index (χ0) is 11.9. The van der Waals surface area contributed by atoms with E-state index in [1.165, 1.54) is 5.56 Å². The molecule has 3 heteroatoms. The molecule has 0 saturated heterocycles. The molecule has 0 N–H and O–H groups in total. The Hall–Kier alpha value is -1.19. The highest BCUT2D eigenvalue weighted by Crippen LogP contribution is 2.23. The first kappa shape index (κ1) is 12.3. The second kappa shape index (κ2) is 6.52. The van der Waals surface area contributed by atoms with Gasteiger partial charge >= 0.3 is 0 Å². The van der Waals surface area contributed by atoms with Gasteiger partial charge in [0.25, 0.3) is 0 Å². The van der Waals surface area contributed by atoms with Gasteiger partial charge in [-0.2, -0.15) is 11.8 Å². The third kappa shape index (κ3) is 3.95. The summed E-state index contributed by atoms with van der Waals surface area (Å²) in [7, 11) is 3.46. The molecule has 0 atom stereocenters. The lowest BCUT2D eigenvalue weighted by molar-refractivity contribution is 0.482. The quantitative estimate of drug-likeness (QED) is 0.753. The van der Waals surface area contributed by atoms with Crippen LogP contribution in [0.3, 0.4) is 0 Å². The Balaban J connectivity index is 2.06. The molecule has 85 valence electrons. The minimum atomic E-state index is 0.873. The van der Waals surface area contributed by atoms with E-state index < -0.39 is 0 Å². The van der Waals surface area contributed by atoms with E-state index in [0.29, 0.717) is 0 Å². The lowest BCUT2D eigenvalue weighted by Crippen LogP contribution is -1.87. The SMILES string of the molecule is [Si]CSCc1cccc(Oc2ccccc2)c1. The molecule has 0 saturated carbocycles. The van der Waals surface area contributed by atoms with Crippen LogP contribution in [0.2, 0.25) is 0 Å². The summed E-state index contributed by atoms with van der Waals surface area (Å²) in [5.74, 6) is 2.76. The van der Waals surface area contributed by atoms with Crippen molar-refractivity contribution in [3.8, 4) is 11.5 Å². The Morgan fingerprint density at radius 2 is 1.71 bits per heavy atom. The fraction of sp³-hybridized carbons (Fsp3) is 0.143. The van der Waals surface area contributed by atoms with Crippen LogP contribution >= 0.6 is 11.8 Å². The first-order valence-corrected chi connectivity index (χ1v) is 7.29. The van der Waals surface area contributed by atoms with Crippen LogP contribution in [0.25, 0.3) is 0 Å². The normalized spacial score (nSPS) is 10.2. The highest BCUT2D eigenvalue weighted by Gasteiger charge is 1.98. The van der Waals surface area contributed by atoms with Gasteiger partial charge in [0.05, 0.1) is 0 Å². The van der Waals surface area contributed by atoms with Gasteiger partial charge in [-0.15, -0.1) is 0 Å². The Labute approximate surface area is 110 Å². The van der Waals surface area contributed by atoms with Crippen molar-refractivity contribution >= 4 is 22.0 Å². The molecule has 0 aromatic heterocycles. The highest BCUT2D eigenvalue weighted by molar-refractivity contribution is 7.99. The van der Waals surface area contributed by atoms with E-state index in [2.05, 4.69) is 22.4 Å². The molecule has 2 aromatic rings. The van der Waals surface area contributed by atoms with Crippen molar-refractivity contribution in [2.24, 2.45) is 0 Å². The van der Waals surface area contributed by atoms with Gasteiger partial charge in [0, 0.05) is 16.0 Å². The van der Waals surface area contributed by atoms with Crippen LogP contribution in [0.1, 0.15) is 5.56 Å². The number of ether oxygens (including phenoxy) is 1. The minimum Gasteiger partial charge on any atom is -0.457 e. The number of thioether (sulfide) groups is 1. The largest absolute Gasteiger partial charge is 0.457 e. The van der Waals surface area contributed by atoms with E-state index in [-0.39, 0.29) is 0 Å². The highest BCUT2D eigenvalue weighted by atomic mass is 32.2. The lowest BCUT2D eigenvalue weighted by Gasteiger charge is -2.07. The van der Waals surface area contributed by atoms with Crippen molar-refractivity contribution in [3.05, 3.63) is 60.2 Å². The number of hydrogen-bond acceptors (Lipinski definition) is 2. The third-order valence-electron chi connectivity index (χ3n) is 2.25. The van der Waals surface area contributed by atoms with E-state index >= 15 is 0 Å². The number of benzene rings is 2. The van der Waals surface area contributed by atoms with Crippen LogP contribution in [-0.2, 0) is 5.75 Å². The van der Waals surface area contributed by atoms with Gasteiger partial charge in [0.2, 0.25) is 0 Å². The monoisotopic (exact) mass is 257 g/mol. The fourth-order valence-electron chi connectivity index (χ4n) is 1.49. The molecule has 17 heavy (non-hydrogen) atoms. The molecule has 2 aromatic carbocycles. The molecule has 0 unspecified atom stereocenters. The van der Waals surface area contributed by atoms with Gasteiger partial charge in [0.15, 0.2) is 0 Å². The van der Waals surface area contributed by atoms with Crippen LogP contribution < -0.4 is 4.74 Å². The van der Waals surface area contributed by atoms with Crippen molar-refractivity contribution in [2.45, 2.75) is 5.75 Å². The predicted octanol–water partition coefficient (Wildman–Crippen LogP) is 3.84. The van der Waals surface area contributed by atoms with Crippen LogP contribution in [0.4, 0.5) is 0 Å². The summed E-state index contributed by atoms with van der Waals surface area (Å²) in [4.78, 5) is 0. The Bertz CT molecular complexity index is 459. The molecule has 0 aliphatic rings. The molecule has 0 spiro atoms. The smallest absolute Gasteiger partial charge is 0.127 e. The third-order valence-corrected chi connectivity index (χ3v) is 3.60. The first-order valence-electron chi connectivity index (χ1n) is 5.42. The van der Waals surface area contributed by atoms with Crippen molar-refractivity contribution in [1.29, 1.82) is 0 Å². The Morgan fingerprint density at radius 1 is 0.941 bits per heavy atom. The van der Waals surface area contributed by atoms with Crippen molar-refractivity contribution in [3.63, 3.8) is 0 Å². The van der Waals surface area contributed by atoms with Crippen LogP contribution in [0.5, 0.6) is 11.5 Å². The average Bonchev–Trinajstić information content (AvgIpc) is 2.38. The summed E-state index contributed by atoms with van der Waals surface area (Å²) in [6, 6.07) is 18.1. The number of rotatable bonds is 5. The number of hydrogen-bond donors (Lipinski definition) is 0. The van der Waals surface area contributed by atoms with Crippen molar-refractivity contribution in [2.75, 3.05) is 5.38 Å². The Kier molecular flexibility index (Phi) is 4.71. The van der Waals surface area contributed by atoms with Gasteiger partial charge in [-0.05, 0) is 35.2 Å². The summed E-state index contributed by atoms with van der Waals surface area (Å²) < 4.78 is 5.78. The molecule has 0 aliphatic heterocycles. The van der Waals surface area contributed by atoms with Crippen LogP contribution in [0.15, 0.2) is 54.6 Å². The summed E-state index contributed by atoms with van der Waals surface area (Å²) in [6.45, 7) is 0. The standard InChI is InChI=1S/C14H13OSSi/c17-11-16-10-12-5-4-8-14(9-12)15-13-6-2-1-3-7-13/h1-9H,10-11H2. The Morgan fingerprint density at radius 3 is 2.47 bits per heavy atom. The van der Waals surface area contributed by atoms with E-state index in [1.807, 2.05) is 54.2 Å². The van der Waals surface area contributed by atoms with Crippen molar-refractivity contribution < 1.29 is 4.74 Å². The predicted molar refractivity (Wildman–Crippen MR) is 74.9 cm³/mol. The van der Waals surface area contributed by atoms with Crippen molar-refractivity contribution in [1.82, 2.24) is 0 Å². The molecule has 0 heterocycles. The van der Waals surface area contributed by atoms with Crippen LogP contribution in [0, 0.1) is 0 Å². The topological polar surface area (TPSA) is 9.23 Å². The maximum Gasteiger partial charge on any atom is 0.127 e. The van der Waals surface area contributed by atoms with Gasteiger partial charge in [0.1, 0.15) is 11.5 Å². The maximum atomic E-state index is 5.78. The maximum absolute atomic E-state index is 5.78. The molecule has 3 radical (unpaired) electrons. The van der Waals surface area contributed by atoms with Crippen LogP contribution in [-0.4, -0.2) is 15.6 Å². The molecule has 1 nitrogen and oxygen atoms in total. The molecule has 2 rings (SSSR count). The summed E-state index contributed by atoms with van der Waals surface area (Å²) >= 11 is 1.83. The fourth-order valence-corrected chi connectivity index (χ4v) is 2.32. The summed E-state index contributed by atoms with van der Waals surface area (Å²) in [6.07, 6.45) is 0. The van der Waals surface area contributed by atoms with E-state index in [1.54, 1.807) is 0 Å². The second-order valence-corrected chi connectivity index (χ2v) is 5.41.